The summed E-state index contributed by atoms with van der Waals surface area (Å²) in [6.45, 7) is 3.81. The summed E-state index contributed by atoms with van der Waals surface area (Å²) in [5.74, 6) is 0.00956. The van der Waals surface area contributed by atoms with E-state index in [0.29, 0.717) is 0 Å². The number of carbonyl (C=O) groups is 1. The monoisotopic (exact) mass is 255 g/mol. The van der Waals surface area contributed by atoms with Gasteiger partial charge in [-0.2, -0.15) is 0 Å². The summed E-state index contributed by atoms with van der Waals surface area (Å²) in [6, 6.07) is 0.124. The molecule has 18 heavy (non-hydrogen) atoms. The van der Waals surface area contributed by atoms with Crippen molar-refractivity contribution in [2.75, 3.05) is 6.54 Å². The van der Waals surface area contributed by atoms with Crippen LogP contribution < -0.4 is 0 Å². The summed E-state index contributed by atoms with van der Waals surface area (Å²) >= 11 is 0. The molecule has 0 aromatic carbocycles. The van der Waals surface area contributed by atoms with Crippen molar-refractivity contribution in [2.24, 2.45) is 5.92 Å². The van der Waals surface area contributed by atoms with Crippen LogP contribution in [0.5, 0.6) is 0 Å². The minimum atomic E-state index is -1.30. The molecule has 0 aromatic rings. The molecular formula is C14H25NO3. The predicted molar refractivity (Wildman–Crippen MR) is 69.0 cm³/mol. The van der Waals surface area contributed by atoms with E-state index in [0.717, 1.165) is 45.1 Å². The Balaban J connectivity index is 2.09. The number of aliphatic hydroxyl groups excluding tert-OH is 1. The Kier molecular flexibility index (Phi) is 3.97. The Hall–Kier alpha value is -0.610. The fourth-order valence-electron chi connectivity index (χ4n) is 3.43. The van der Waals surface area contributed by atoms with Crippen molar-refractivity contribution >= 4 is 5.91 Å². The molecule has 3 atom stereocenters. The van der Waals surface area contributed by atoms with E-state index < -0.39 is 5.60 Å². The molecule has 0 unspecified atom stereocenters. The second kappa shape index (κ2) is 5.17. The average molecular weight is 255 g/mol. The van der Waals surface area contributed by atoms with Crippen LogP contribution in [0.15, 0.2) is 0 Å². The summed E-state index contributed by atoms with van der Waals surface area (Å²) < 4.78 is 0. The predicted octanol–water partition coefficient (Wildman–Crippen LogP) is 1.30. The lowest BCUT2D eigenvalue weighted by Gasteiger charge is -2.38. The van der Waals surface area contributed by atoms with Crippen LogP contribution in [0.25, 0.3) is 0 Å². The topological polar surface area (TPSA) is 60.8 Å². The summed E-state index contributed by atoms with van der Waals surface area (Å²) in [5.41, 5.74) is -1.30. The average Bonchev–Trinajstić information content (AvgIpc) is 2.76. The number of amides is 1. The zero-order valence-corrected chi connectivity index (χ0v) is 11.4. The van der Waals surface area contributed by atoms with Gasteiger partial charge in [-0.3, -0.25) is 4.79 Å². The van der Waals surface area contributed by atoms with Gasteiger partial charge >= 0.3 is 0 Å². The molecule has 2 fully saturated rings. The van der Waals surface area contributed by atoms with Gasteiger partial charge in [0.1, 0.15) is 5.60 Å². The third-order valence-electron chi connectivity index (χ3n) is 4.36. The van der Waals surface area contributed by atoms with Crippen LogP contribution in [0.3, 0.4) is 0 Å². The Morgan fingerprint density at radius 1 is 1.17 bits per heavy atom. The van der Waals surface area contributed by atoms with E-state index in [1.165, 1.54) is 0 Å². The first-order chi connectivity index (χ1) is 8.41. The second-order valence-electron chi connectivity index (χ2n) is 6.28. The number of aliphatic hydroxyl groups is 2. The number of nitrogens with zero attached hydrogens (tertiary/aromatic N) is 1. The van der Waals surface area contributed by atoms with Gasteiger partial charge in [-0.25, -0.2) is 0 Å². The van der Waals surface area contributed by atoms with Crippen LogP contribution in [0, 0.1) is 5.92 Å². The molecule has 0 spiro atoms. The van der Waals surface area contributed by atoms with E-state index in [4.69, 9.17) is 0 Å². The van der Waals surface area contributed by atoms with Crippen LogP contribution in [0.1, 0.15) is 52.4 Å². The minimum Gasteiger partial charge on any atom is -0.393 e. The summed E-state index contributed by atoms with van der Waals surface area (Å²) in [4.78, 5) is 14.0. The first-order valence-electron chi connectivity index (χ1n) is 7.13. The lowest BCUT2D eigenvalue weighted by Crippen LogP contribution is -2.51. The normalized spacial score (nSPS) is 33.8. The Bertz CT molecular complexity index is 311. The SMILES string of the molecule is CC(C)(O)C(=O)N1CCC[C@@H]1[C@@H]1CCCC[C@H]1O. The molecule has 4 nitrogen and oxygen atoms in total. The highest BCUT2D eigenvalue weighted by molar-refractivity contribution is 5.84. The zero-order chi connectivity index (χ0) is 13.3. The molecule has 1 saturated carbocycles. The molecule has 2 rings (SSSR count). The fourth-order valence-corrected chi connectivity index (χ4v) is 3.43. The van der Waals surface area contributed by atoms with E-state index in [9.17, 15) is 15.0 Å². The van der Waals surface area contributed by atoms with Gasteiger partial charge in [0, 0.05) is 18.5 Å². The maximum absolute atomic E-state index is 12.2. The quantitative estimate of drug-likeness (QED) is 0.782. The van der Waals surface area contributed by atoms with Crippen molar-refractivity contribution in [3.63, 3.8) is 0 Å². The summed E-state index contributed by atoms with van der Waals surface area (Å²) in [6.07, 6.45) is 5.75. The van der Waals surface area contributed by atoms with Gasteiger partial charge in [-0.05, 0) is 39.5 Å². The van der Waals surface area contributed by atoms with Crippen LogP contribution in [-0.2, 0) is 4.79 Å². The van der Waals surface area contributed by atoms with Gasteiger partial charge in [0.15, 0.2) is 0 Å². The molecule has 2 aliphatic rings. The highest BCUT2D eigenvalue weighted by Gasteiger charge is 2.42. The molecular weight excluding hydrogens is 230 g/mol. The molecule has 1 saturated heterocycles. The van der Waals surface area contributed by atoms with Gasteiger partial charge < -0.3 is 15.1 Å². The molecule has 0 aromatic heterocycles. The number of carbonyl (C=O) groups excluding carboxylic acids is 1. The van der Waals surface area contributed by atoms with E-state index in [-0.39, 0.29) is 24.0 Å². The van der Waals surface area contributed by atoms with Crippen molar-refractivity contribution in [1.29, 1.82) is 0 Å². The van der Waals surface area contributed by atoms with Gasteiger partial charge in [0.2, 0.25) is 0 Å². The second-order valence-corrected chi connectivity index (χ2v) is 6.28. The third-order valence-corrected chi connectivity index (χ3v) is 4.36. The van der Waals surface area contributed by atoms with Crippen LogP contribution in [-0.4, -0.2) is 45.3 Å². The highest BCUT2D eigenvalue weighted by Crippen LogP contribution is 2.35. The number of hydrogen-bond acceptors (Lipinski definition) is 3. The smallest absolute Gasteiger partial charge is 0.254 e. The van der Waals surface area contributed by atoms with Gasteiger partial charge in [-0.15, -0.1) is 0 Å². The maximum Gasteiger partial charge on any atom is 0.254 e. The molecule has 104 valence electrons. The van der Waals surface area contributed by atoms with Gasteiger partial charge in [0.25, 0.3) is 5.91 Å². The fraction of sp³-hybridized carbons (Fsp3) is 0.929. The Labute approximate surface area is 109 Å². The highest BCUT2D eigenvalue weighted by atomic mass is 16.3. The van der Waals surface area contributed by atoms with Crippen LogP contribution >= 0.6 is 0 Å². The maximum atomic E-state index is 12.2. The minimum absolute atomic E-state index is 0.124. The number of hydrogen-bond donors (Lipinski definition) is 2. The van der Waals surface area contributed by atoms with E-state index in [1.807, 2.05) is 0 Å². The van der Waals surface area contributed by atoms with Crippen molar-refractivity contribution in [3.05, 3.63) is 0 Å². The first-order valence-corrected chi connectivity index (χ1v) is 7.13. The van der Waals surface area contributed by atoms with E-state index in [1.54, 1.807) is 18.7 Å². The zero-order valence-electron chi connectivity index (χ0n) is 11.4. The Morgan fingerprint density at radius 3 is 2.44 bits per heavy atom. The number of rotatable bonds is 2. The van der Waals surface area contributed by atoms with Crippen LogP contribution in [0.2, 0.25) is 0 Å². The molecule has 1 aliphatic heterocycles. The van der Waals surface area contributed by atoms with Crippen molar-refractivity contribution in [2.45, 2.75) is 70.1 Å². The van der Waals surface area contributed by atoms with Gasteiger partial charge in [-0.1, -0.05) is 12.8 Å². The van der Waals surface area contributed by atoms with Crippen molar-refractivity contribution in [1.82, 2.24) is 4.90 Å². The summed E-state index contributed by atoms with van der Waals surface area (Å²) in [7, 11) is 0. The lowest BCUT2D eigenvalue weighted by atomic mass is 9.80. The molecule has 0 radical (unpaired) electrons. The van der Waals surface area contributed by atoms with Crippen molar-refractivity contribution < 1.29 is 15.0 Å². The summed E-state index contributed by atoms with van der Waals surface area (Å²) in [5, 5.41) is 20.0. The van der Waals surface area contributed by atoms with Crippen LogP contribution in [0.4, 0.5) is 0 Å². The number of likely N-dealkylation sites (tertiary alicyclic amines) is 1. The van der Waals surface area contributed by atoms with Crippen molar-refractivity contribution in [3.8, 4) is 0 Å². The van der Waals surface area contributed by atoms with Gasteiger partial charge in [0.05, 0.1) is 6.10 Å². The van der Waals surface area contributed by atoms with E-state index in [2.05, 4.69) is 0 Å². The Morgan fingerprint density at radius 2 is 1.83 bits per heavy atom. The molecule has 4 heteroatoms. The molecule has 1 amide bonds. The molecule has 1 heterocycles. The molecule has 0 bridgehead atoms. The standard InChI is InChI=1S/C14H25NO3/c1-14(2,18)13(17)15-9-5-7-11(15)10-6-3-4-8-12(10)16/h10-12,16,18H,3-9H2,1-2H3/t10-,11+,12+/m0/s1. The molecule has 2 N–H and O–H groups in total. The third kappa shape index (κ3) is 2.69. The van der Waals surface area contributed by atoms with E-state index >= 15 is 0 Å². The first kappa shape index (κ1) is 13.8. The lowest BCUT2D eigenvalue weighted by molar-refractivity contribution is -0.151. The largest absolute Gasteiger partial charge is 0.393 e. The molecule has 1 aliphatic carbocycles.